The highest BCUT2D eigenvalue weighted by molar-refractivity contribution is 7.66. The molecule has 0 aliphatic carbocycles. The molecule has 0 radical (unpaired) electrons. The summed E-state index contributed by atoms with van der Waals surface area (Å²) in [4.78, 5) is 45.1. The number of nitrogens with one attached hydrogen (secondary N) is 1. The van der Waals surface area contributed by atoms with Crippen molar-refractivity contribution in [2.75, 3.05) is 29.2 Å². The van der Waals surface area contributed by atoms with Crippen LogP contribution in [0.2, 0.25) is 0 Å². The molecule has 3 unspecified atom stereocenters. The zero-order valence-corrected chi connectivity index (χ0v) is 18.7. The van der Waals surface area contributed by atoms with E-state index in [1.165, 1.54) is 18.2 Å². The molecule has 1 saturated heterocycles. The molecule has 9 N–H and O–H groups in total. The third-order valence-corrected chi connectivity index (χ3v) is 8.21. The Labute approximate surface area is 179 Å². The van der Waals surface area contributed by atoms with E-state index in [2.05, 4.69) is 28.4 Å². The number of nitrogens with zero attached hydrogens (tertiary/aromatic N) is 3. The second-order valence-corrected chi connectivity index (χ2v) is 11.3. The normalized spacial score (nSPS) is 31.6. The molecule has 1 aromatic rings. The zero-order valence-electron chi connectivity index (χ0n) is 16.0. The maximum absolute atomic E-state index is 11.9. The van der Waals surface area contributed by atoms with Gasteiger partial charge in [0.05, 0.1) is 13.3 Å². The number of aliphatic hydroxyl groups excluding tert-OH is 2. The minimum absolute atomic E-state index is 0.0542. The van der Waals surface area contributed by atoms with Gasteiger partial charge in [0.25, 0.3) is 0 Å². The van der Waals surface area contributed by atoms with Crippen LogP contribution >= 0.6 is 23.5 Å². The van der Waals surface area contributed by atoms with E-state index in [0.29, 0.717) is 5.69 Å². The van der Waals surface area contributed by atoms with Gasteiger partial charge in [0.2, 0.25) is 0 Å². The van der Waals surface area contributed by atoms with Crippen molar-refractivity contribution in [2.45, 2.75) is 31.0 Å². The first-order valence-electron chi connectivity index (χ1n) is 8.47. The van der Waals surface area contributed by atoms with Crippen LogP contribution in [-0.2, 0) is 31.6 Å². The summed E-state index contributed by atoms with van der Waals surface area (Å²) in [6, 6.07) is 0. The van der Waals surface area contributed by atoms with Gasteiger partial charge in [0.15, 0.2) is 17.9 Å². The Morgan fingerprint density at radius 3 is 2.50 bits per heavy atom. The highest BCUT2D eigenvalue weighted by atomic mass is 31.3. The van der Waals surface area contributed by atoms with E-state index in [9.17, 15) is 33.7 Å². The molecule has 2 aliphatic heterocycles. The Morgan fingerprint density at radius 2 is 1.88 bits per heavy atom. The van der Waals surface area contributed by atoms with Crippen molar-refractivity contribution >= 4 is 40.8 Å². The van der Waals surface area contributed by atoms with Gasteiger partial charge in [0.1, 0.15) is 29.8 Å². The number of phosphoric acid groups is 3. The first kappa shape index (κ1) is 25.4. The number of ether oxygens (including phenoxy) is 1. The van der Waals surface area contributed by atoms with E-state index in [1.807, 2.05) is 0 Å². The minimum atomic E-state index is -5.71. The van der Waals surface area contributed by atoms with Gasteiger partial charge in [-0.25, -0.2) is 23.7 Å². The highest BCUT2D eigenvalue weighted by Gasteiger charge is 2.55. The van der Waals surface area contributed by atoms with Crippen molar-refractivity contribution in [3.8, 4) is 0 Å². The summed E-state index contributed by atoms with van der Waals surface area (Å²) < 4.78 is 51.4. The Morgan fingerprint density at radius 1 is 1.22 bits per heavy atom. The Kier molecular flexibility index (Phi) is 6.76. The lowest BCUT2D eigenvalue weighted by atomic mass is 9.98. The lowest BCUT2D eigenvalue weighted by Crippen LogP contribution is -2.45. The summed E-state index contributed by atoms with van der Waals surface area (Å²) >= 11 is 0. The Balaban J connectivity index is 1.70. The molecule has 3 rings (SSSR count). The molecular weight excluding hydrogens is 503 g/mol. The fourth-order valence-corrected chi connectivity index (χ4v) is 6.15. The average Bonchev–Trinajstić information content (AvgIpc) is 3.14. The summed E-state index contributed by atoms with van der Waals surface area (Å²) in [6.45, 7) is 0.286. The average molecular weight is 523 g/mol. The van der Waals surface area contributed by atoms with Gasteiger partial charge < -0.3 is 50.5 Å². The smallest absolute Gasteiger partial charge is 0.387 e. The first-order valence-corrected chi connectivity index (χ1v) is 13.0. The molecule has 18 nitrogen and oxygen atoms in total. The van der Waals surface area contributed by atoms with Gasteiger partial charge in [0, 0.05) is 0 Å². The van der Waals surface area contributed by atoms with Crippen molar-refractivity contribution in [3.05, 3.63) is 6.33 Å². The molecule has 182 valence electrons. The van der Waals surface area contributed by atoms with Gasteiger partial charge >= 0.3 is 23.5 Å². The summed E-state index contributed by atoms with van der Waals surface area (Å²) in [5, 5.41) is 23.8. The van der Waals surface area contributed by atoms with Gasteiger partial charge in [-0.05, 0) is 6.92 Å². The maximum atomic E-state index is 11.9. The third-order valence-electron chi connectivity index (χ3n) is 4.42. The molecule has 1 fully saturated rings. The number of hydrogen-bond donors (Lipinski definition) is 8. The lowest BCUT2D eigenvalue weighted by Gasteiger charge is -2.29. The molecular formula is C11H20N5O13P3. The fourth-order valence-electron chi connectivity index (χ4n) is 3.04. The van der Waals surface area contributed by atoms with E-state index in [4.69, 9.17) is 20.3 Å². The molecule has 0 amide bonds. The van der Waals surface area contributed by atoms with E-state index < -0.39 is 54.1 Å². The second-order valence-electron chi connectivity index (χ2n) is 6.88. The van der Waals surface area contributed by atoms with Crippen LogP contribution in [0.4, 0.5) is 17.3 Å². The number of rotatable bonds is 8. The van der Waals surface area contributed by atoms with Crippen LogP contribution < -0.4 is 16.0 Å². The Bertz CT molecular complexity index is 1020. The molecule has 0 spiro atoms. The van der Waals surface area contributed by atoms with Crippen LogP contribution in [-0.4, -0.2) is 77.1 Å². The molecule has 0 bridgehead atoms. The van der Waals surface area contributed by atoms with E-state index in [-0.39, 0.29) is 18.3 Å². The van der Waals surface area contributed by atoms with E-state index in [0.717, 1.165) is 0 Å². The Hall–Kier alpha value is -1.23. The van der Waals surface area contributed by atoms with Crippen LogP contribution in [0.3, 0.4) is 0 Å². The standard InChI is InChI=1S/C11H20N5O13P3/c1-11(2-26-31(22,23)29-32(24,25)28-30(19,20)21)7(18)6(17)10(27-11)16-4-15-5-8(12)13-3-14-9(5)16/h3,6-7,10,15,17-18H,2,4H2,1H3,(H,22,23)(H,24,25)(H2,12,13,14)(H2,19,20,21)/t6-,7?,10+,11+/m0/s1. The van der Waals surface area contributed by atoms with Crippen LogP contribution in [0, 0.1) is 0 Å². The van der Waals surface area contributed by atoms with Crippen molar-refractivity contribution < 1.29 is 61.4 Å². The fraction of sp³-hybridized carbons (Fsp3) is 0.636. The number of nitrogens with two attached hydrogens (primary N) is 1. The summed E-state index contributed by atoms with van der Waals surface area (Å²) in [7, 11) is -16.7. The van der Waals surface area contributed by atoms with Crippen molar-refractivity contribution in [1.82, 2.24) is 9.97 Å². The molecule has 1 aromatic heterocycles. The van der Waals surface area contributed by atoms with Crippen LogP contribution in [0.5, 0.6) is 0 Å². The topological polar surface area (TPSA) is 277 Å². The van der Waals surface area contributed by atoms with Gasteiger partial charge in [-0.3, -0.25) is 4.52 Å². The molecule has 21 heteroatoms. The van der Waals surface area contributed by atoms with E-state index >= 15 is 0 Å². The molecule has 0 aromatic carbocycles. The minimum Gasteiger partial charge on any atom is -0.387 e. The maximum Gasteiger partial charge on any atom is 0.490 e. The number of fused-ring (bicyclic) bond motifs is 1. The largest absolute Gasteiger partial charge is 0.490 e. The van der Waals surface area contributed by atoms with Crippen LogP contribution in [0.1, 0.15) is 6.92 Å². The quantitative estimate of drug-likeness (QED) is 0.179. The SMILES string of the molecule is C[C@]1(COP(=O)(O)OP(=O)(O)OP(=O)(O)O)O[C@@H](N2CNc3c(N)ncnc32)[C@@H](O)C1O. The number of phosphoric ester groups is 1. The number of aliphatic hydroxyl groups is 2. The summed E-state index contributed by atoms with van der Waals surface area (Å²) in [5.41, 5.74) is 4.25. The van der Waals surface area contributed by atoms with Crippen LogP contribution in [0.25, 0.3) is 0 Å². The predicted molar refractivity (Wildman–Crippen MR) is 103 cm³/mol. The van der Waals surface area contributed by atoms with Gasteiger partial charge in [-0.2, -0.15) is 8.62 Å². The van der Waals surface area contributed by atoms with Crippen molar-refractivity contribution in [1.29, 1.82) is 0 Å². The number of nitrogen functional groups attached to an aromatic ring is 1. The molecule has 6 atom stereocenters. The summed E-state index contributed by atoms with van der Waals surface area (Å²) in [6.07, 6.45) is -3.33. The lowest BCUT2D eigenvalue weighted by molar-refractivity contribution is -0.0962. The number of aromatic nitrogens is 2. The van der Waals surface area contributed by atoms with Crippen LogP contribution in [0.15, 0.2) is 6.33 Å². The third kappa shape index (κ3) is 5.46. The van der Waals surface area contributed by atoms with Crippen molar-refractivity contribution in [3.63, 3.8) is 0 Å². The van der Waals surface area contributed by atoms with Gasteiger partial charge in [-0.15, -0.1) is 0 Å². The monoisotopic (exact) mass is 523 g/mol. The predicted octanol–water partition coefficient (Wildman–Crippen LogP) is -1.57. The second kappa shape index (κ2) is 8.52. The zero-order chi connectivity index (χ0) is 24.1. The molecule has 2 aliphatic rings. The molecule has 3 heterocycles. The molecule has 32 heavy (non-hydrogen) atoms. The highest BCUT2D eigenvalue weighted by Crippen LogP contribution is 2.66. The van der Waals surface area contributed by atoms with Gasteiger partial charge in [-0.1, -0.05) is 0 Å². The first-order chi connectivity index (χ1) is 14.5. The molecule has 0 saturated carbocycles. The van der Waals surface area contributed by atoms with Crippen molar-refractivity contribution in [2.24, 2.45) is 0 Å². The van der Waals surface area contributed by atoms with E-state index in [1.54, 1.807) is 0 Å². The summed E-state index contributed by atoms with van der Waals surface area (Å²) in [5.74, 6) is 0.381. The number of hydrogen-bond acceptors (Lipinski definition) is 14. The number of anilines is 3.